The molecular weight excluding hydrogens is 226 g/mol. The fraction of sp³-hybridized carbons (Fsp3) is 0.400. The third kappa shape index (κ3) is 4.39. The molecule has 3 heteroatoms. The van der Waals surface area contributed by atoms with Crippen LogP contribution in [0.2, 0.25) is 0 Å². The van der Waals surface area contributed by atoms with Gasteiger partial charge in [0.15, 0.2) is 11.5 Å². The lowest BCUT2D eigenvalue weighted by molar-refractivity contribution is 0.330. The third-order valence-corrected chi connectivity index (χ3v) is 2.06. The van der Waals surface area contributed by atoms with Crippen LogP contribution in [0.15, 0.2) is 18.2 Å². The van der Waals surface area contributed by atoms with Gasteiger partial charge >= 0.3 is 0 Å². The van der Waals surface area contributed by atoms with Crippen molar-refractivity contribution in [2.24, 2.45) is 5.41 Å². The van der Waals surface area contributed by atoms with Gasteiger partial charge in [-0.1, -0.05) is 11.8 Å². The molecule has 0 unspecified atom stereocenters. The Hall–Kier alpha value is -2.13. The first-order valence-electron chi connectivity index (χ1n) is 5.67. The van der Waals surface area contributed by atoms with E-state index >= 15 is 0 Å². The molecule has 0 saturated heterocycles. The zero-order valence-electron chi connectivity index (χ0n) is 11.2. The van der Waals surface area contributed by atoms with Crippen LogP contribution in [0.4, 0.5) is 0 Å². The third-order valence-electron chi connectivity index (χ3n) is 2.06. The zero-order valence-corrected chi connectivity index (χ0v) is 11.2. The maximum atomic E-state index is 8.78. The molecule has 0 aliphatic carbocycles. The molecule has 1 aromatic carbocycles. The van der Waals surface area contributed by atoms with Gasteiger partial charge in [-0.3, -0.25) is 0 Å². The molecule has 0 atom stereocenters. The molecule has 0 aliphatic heterocycles. The van der Waals surface area contributed by atoms with Crippen molar-refractivity contribution >= 4 is 0 Å². The van der Waals surface area contributed by atoms with Crippen molar-refractivity contribution in [1.82, 2.24) is 0 Å². The molecule has 0 bridgehead atoms. The predicted molar refractivity (Wildman–Crippen MR) is 70.4 cm³/mol. The first-order valence-corrected chi connectivity index (χ1v) is 5.67. The van der Waals surface area contributed by atoms with Crippen molar-refractivity contribution in [3.8, 4) is 29.4 Å². The van der Waals surface area contributed by atoms with E-state index in [0.717, 1.165) is 0 Å². The van der Waals surface area contributed by atoms with Gasteiger partial charge in [0.2, 0.25) is 0 Å². The maximum Gasteiger partial charge on any atom is 0.162 e. The highest BCUT2D eigenvalue weighted by Gasteiger charge is 2.05. The summed E-state index contributed by atoms with van der Waals surface area (Å²) in [5, 5.41) is 8.78. The van der Waals surface area contributed by atoms with Gasteiger partial charge in [0.25, 0.3) is 0 Å². The van der Waals surface area contributed by atoms with Crippen LogP contribution in [0.25, 0.3) is 0 Å². The first-order chi connectivity index (χ1) is 8.46. The SMILES string of the molecule is COc1cc(C#N)ccc1OCC#CC(C)(C)C. The lowest BCUT2D eigenvalue weighted by Gasteiger charge is -2.09. The smallest absolute Gasteiger partial charge is 0.162 e. The number of benzene rings is 1. The second kappa shape index (κ2) is 5.98. The molecule has 3 nitrogen and oxygen atoms in total. The van der Waals surface area contributed by atoms with Gasteiger partial charge in [-0.15, -0.1) is 0 Å². The highest BCUT2D eigenvalue weighted by Crippen LogP contribution is 2.27. The summed E-state index contributed by atoms with van der Waals surface area (Å²) < 4.78 is 10.7. The minimum Gasteiger partial charge on any atom is -0.493 e. The minimum absolute atomic E-state index is 0.0297. The van der Waals surface area contributed by atoms with Crippen molar-refractivity contribution < 1.29 is 9.47 Å². The van der Waals surface area contributed by atoms with E-state index in [0.29, 0.717) is 23.7 Å². The lowest BCUT2D eigenvalue weighted by Crippen LogP contribution is -2.02. The van der Waals surface area contributed by atoms with E-state index in [9.17, 15) is 0 Å². The summed E-state index contributed by atoms with van der Waals surface area (Å²) in [5.74, 6) is 7.19. The Morgan fingerprint density at radius 2 is 1.94 bits per heavy atom. The molecule has 0 spiro atoms. The van der Waals surface area contributed by atoms with Crippen molar-refractivity contribution in [3.05, 3.63) is 23.8 Å². The van der Waals surface area contributed by atoms with E-state index in [1.807, 2.05) is 20.8 Å². The number of nitrogens with zero attached hydrogens (tertiary/aromatic N) is 1. The van der Waals surface area contributed by atoms with Gasteiger partial charge in [-0.2, -0.15) is 5.26 Å². The molecule has 0 aliphatic rings. The van der Waals surface area contributed by atoms with Crippen LogP contribution in [0.3, 0.4) is 0 Å². The molecule has 0 amide bonds. The maximum absolute atomic E-state index is 8.78. The molecule has 1 rings (SSSR count). The van der Waals surface area contributed by atoms with E-state index in [2.05, 4.69) is 17.9 Å². The van der Waals surface area contributed by atoms with Gasteiger partial charge in [-0.25, -0.2) is 0 Å². The molecule has 0 fully saturated rings. The average Bonchev–Trinajstić information content (AvgIpc) is 2.33. The Morgan fingerprint density at radius 1 is 1.22 bits per heavy atom. The summed E-state index contributed by atoms with van der Waals surface area (Å²) in [5.41, 5.74) is 0.512. The fourth-order valence-electron chi connectivity index (χ4n) is 1.27. The number of ether oxygens (including phenoxy) is 2. The predicted octanol–water partition coefficient (Wildman–Crippen LogP) is 3.00. The second-order valence-electron chi connectivity index (χ2n) is 4.82. The number of nitriles is 1. The van der Waals surface area contributed by atoms with Crippen LogP contribution in [0.1, 0.15) is 26.3 Å². The van der Waals surface area contributed by atoms with Crippen LogP contribution >= 0.6 is 0 Å². The summed E-state index contributed by atoms with van der Waals surface area (Å²) in [6, 6.07) is 7.11. The molecule has 0 saturated carbocycles. The van der Waals surface area contributed by atoms with Crippen molar-refractivity contribution in [2.75, 3.05) is 13.7 Å². The Kier molecular flexibility index (Phi) is 4.63. The molecule has 0 N–H and O–H groups in total. The molecule has 0 radical (unpaired) electrons. The highest BCUT2D eigenvalue weighted by molar-refractivity contribution is 5.46. The van der Waals surface area contributed by atoms with Gasteiger partial charge in [0, 0.05) is 11.5 Å². The van der Waals surface area contributed by atoms with Crippen LogP contribution in [0.5, 0.6) is 11.5 Å². The van der Waals surface area contributed by atoms with Crippen molar-refractivity contribution in [1.29, 1.82) is 5.26 Å². The van der Waals surface area contributed by atoms with Gasteiger partial charge in [0.1, 0.15) is 6.61 Å². The molecule has 1 aromatic rings. The molecule has 18 heavy (non-hydrogen) atoms. The largest absolute Gasteiger partial charge is 0.493 e. The van der Waals surface area contributed by atoms with Crippen LogP contribution in [-0.4, -0.2) is 13.7 Å². The number of rotatable bonds is 3. The van der Waals surface area contributed by atoms with Crippen molar-refractivity contribution in [2.45, 2.75) is 20.8 Å². The Labute approximate surface area is 108 Å². The average molecular weight is 243 g/mol. The van der Waals surface area contributed by atoms with Gasteiger partial charge in [-0.05, 0) is 32.9 Å². The van der Waals surface area contributed by atoms with E-state index in [1.165, 1.54) is 0 Å². The second-order valence-corrected chi connectivity index (χ2v) is 4.82. The minimum atomic E-state index is -0.0297. The molecule has 0 aromatic heterocycles. The Morgan fingerprint density at radius 3 is 2.50 bits per heavy atom. The summed E-state index contributed by atoms with van der Waals surface area (Å²) in [6.45, 7) is 6.44. The molecule has 94 valence electrons. The fourth-order valence-corrected chi connectivity index (χ4v) is 1.27. The van der Waals surface area contributed by atoms with Gasteiger partial charge in [0.05, 0.1) is 18.7 Å². The topological polar surface area (TPSA) is 42.2 Å². The Balaban J connectivity index is 2.73. The Bertz CT molecular complexity index is 510. The van der Waals surface area contributed by atoms with E-state index < -0.39 is 0 Å². The molecular formula is C15H17NO2. The van der Waals surface area contributed by atoms with Crippen molar-refractivity contribution in [3.63, 3.8) is 0 Å². The standard InChI is InChI=1S/C15H17NO2/c1-15(2,3)8-5-9-18-13-7-6-12(11-16)10-14(13)17-4/h6-7,10H,9H2,1-4H3. The number of methoxy groups -OCH3 is 1. The monoisotopic (exact) mass is 243 g/mol. The number of hydrogen-bond acceptors (Lipinski definition) is 3. The highest BCUT2D eigenvalue weighted by atomic mass is 16.5. The van der Waals surface area contributed by atoms with Crippen LogP contribution in [0, 0.1) is 28.6 Å². The quantitative estimate of drug-likeness (QED) is 0.766. The first kappa shape index (κ1) is 13.9. The van der Waals surface area contributed by atoms with Crippen LogP contribution < -0.4 is 9.47 Å². The van der Waals surface area contributed by atoms with E-state index in [-0.39, 0.29) is 5.41 Å². The summed E-state index contributed by atoms with van der Waals surface area (Å²) in [4.78, 5) is 0. The van der Waals surface area contributed by atoms with Crippen LogP contribution in [-0.2, 0) is 0 Å². The zero-order chi connectivity index (χ0) is 13.6. The van der Waals surface area contributed by atoms with Gasteiger partial charge < -0.3 is 9.47 Å². The lowest BCUT2D eigenvalue weighted by atomic mass is 9.98. The number of hydrogen-bond donors (Lipinski definition) is 0. The summed E-state index contributed by atoms with van der Waals surface area (Å²) in [6.07, 6.45) is 0. The summed E-state index contributed by atoms with van der Waals surface area (Å²) in [7, 11) is 1.55. The van der Waals surface area contributed by atoms with E-state index in [4.69, 9.17) is 14.7 Å². The normalized spacial score (nSPS) is 9.94. The summed E-state index contributed by atoms with van der Waals surface area (Å²) >= 11 is 0. The van der Waals surface area contributed by atoms with E-state index in [1.54, 1.807) is 25.3 Å². The molecule has 0 heterocycles.